The molecule has 0 atom stereocenters. The van der Waals surface area contributed by atoms with Gasteiger partial charge in [-0.1, -0.05) is 66.7 Å². The van der Waals surface area contributed by atoms with Gasteiger partial charge in [0.05, 0.1) is 11.9 Å². The Kier molecular flexibility index (Phi) is 6.18. The van der Waals surface area contributed by atoms with Gasteiger partial charge in [0, 0.05) is 17.3 Å². The van der Waals surface area contributed by atoms with E-state index in [1.807, 2.05) is 98.0 Å². The summed E-state index contributed by atoms with van der Waals surface area (Å²) in [4.78, 5) is 12.1. The van der Waals surface area contributed by atoms with Crippen LogP contribution in [0, 0.1) is 6.92 Å². The van der Waals surface area contributed by atoms with Gasteiger partial charge in [-0.2, -0.15) is 10.2 Å². The molecular formula is C25H22N4O2. The van der Waals surface area contributed by atoms with Crippen molar-refractivity contribution in [1.29, 1.82) is 0 Å². The Morgan fingerprint density at radius 3 is 2.42 bits per heavy atom. The monoisotopic (exact) mass is 410 g/mol. The molecule has 0 aliphatic rings. The van der Waals surface area contributed by atoms with Gasteiger partial charge in [0.15, 0.2) is 6.61 Å². The maximum atomic E-state index is 12.1. The number of aryl methyl sites for hydroxylation is 1. The Morgan fingerprint density at radius 1 is 1.00 bits per heavy atom. The minimum atomic E-state index is -0.337. The molecule has 0 spiro atoms. The van der Waals surface area contributed by atoms with Crippen molar-refractivity contribution in [2.75, 3.05) is 6.61 Å². The van der Waals surface area contributed by atoms with Crippen LogP contribution in [0.2, 0.25) is 0 Å². The maximum Gasteiger partial charge on any atom is 0.277 e. The fraction of sp³-hybridized carbons (Fsp3) is 0.0800. The van der Waals surface area contributed by atoms with E-state index in [1.54, 1.807) is 10.9 Å². The first-order chi connectivity index (χ1) is 15.2. The minimum Gasteiger partial charge on any atom is -0.483 e. The number of carbonyl (C=O) groups is 1. The first kappa shape index (κ1) is 20.1. The molecule has 0 unspecified atom stereocenters. The molecule has 31 heavy (non-hydrogen) atoms. The van der Waals surface area contributed by atoms with Crippen LogP contribution in [-0.4, -0.2) is 28.5 Å². The van der Waals surface area contributed by atoms with Crippen LogP contribution in [0.15, 0.2) is 96.2 Å². The van der Waals surface area contributed by atoms with Crippen LogP contribution < -0.4 is 10.2 Å². The molecule has 0 saturated heterocycles. The van der Waals surface area contributed by atoms with Crippen molar-refractivity contribution >= 4 is 12.1 Å². The van der Waals surface area contributed by atoms with Gasteiger partial charge in [0.1, 0.15) is 11.4 Å². The number of benzene rings is 3. The standard InChI is InChI=1S/C25H22N4O2/c1-19-10-8-9-15-23(19)31-18-24(30)27-26-16-21-17-29(22-13-6-3-7-14-22)28-25(21)20-11-4-2-5-12-20/h2-17H,18H2,1H3,(H,27,30)/b26-16+. The number of nitrogens with zero attached hydrogens (tertiary/aromatic N) is 3. The largest absolute Gasteiger partial charge is 0.483 e. The lowest BCUT2D eigenvalue weighted by Crippen LogP contribution is -2.24. The molecule has 1 N–H and O–H groups in total. The molecule has 1 aromatic heterocycles. The molecule has 3 aromatic carbocycles. The summed E-state index contributed by atoms with van der Waals surface area (Å²) < 4.78 is 7.35. The van der Waals surface area contributed by atoms with E-state index in [0.29, 0.717) is 5.75 Å². The molecule has 4 aromatic rings. The lowest BCUT2D eigenvalue weighted by molar-refractivity contribution is -0.123. The number of carbonyl (C=O) groups excluding carboxylic acids is 1. The molecule has 0 aliphatic carbocycles. The van der Waals surface area contributed by atoms with Gasteiger partial charge >= 0.3 is 0 Å². The Labute approximate surface area is 180 Å². The van der Waals surface area contributed by atoms with Crippen molar-refractivity contribution in [3.8, 4) is 22.7 Å². The van der Waals surface area contributed by atoms with Gasteiger partial charge in [-0.05, 0) is 30.7 Å². The number of hydrogen-bond donors (Lipinski definition) is 1. The highest BCUT2D eigenvalue weighted by Gasteiger charge is 2.11. The van der Waals surface area contributed by atoms with Crippen LogP contribution in [0.25, 0.3) is 16.9 Å². The van der Waals surface area contributed by atoms with E-state index >= 15 is 0 Å². The fourth-order valence-electron chi connectivity index (χ4n) is 3.08. The summed E-state index contributed by atoms with van der Waals surface area (Å²) in [5, 5.41) is 8.83. The zero-order valence-electron chi connectivity index (χ0n) is 17.1. The summed E-state index contributed by atoms with van der Waals surface area (Å²) in [5.74, 6) is 0.341. The molecule has 154 valence electrons. The molecule has 1 heterocycles. The van der Waals surface area contributed by atoms with Crippen molar-refractivity contribution < 1.29 is 9.53 Å². The van der Waals surface area contributed by atoms with Crippen molar-refractivity contribution in [2.24, 2.45) is 5.10 Å². The first-order valence-corrected chi connectivity index (χ1v) is 9.91. The van der Waals surface area contributed by atoms with Gasteiger partial charge in [-0.3, -0.25) is 4.79 Å². The van der Waals surface area contributed by atoms with Gasteiger partial charge in [-0.15, -0.1) is 0 Å². The predicted molar refractivity (Wildman–Crippen MR) is 121 cm³/mol. The molecule has 6 nitrogen and oxygen atoms in total. The van der Waals surface area contributed by atoms with Crippen molar-refractivity contribution in [2.45, 2.75) is 6.92 Å². The van der Waals surface area contributed by atoms with Crippen LogP contribution in [0.5, 0.6) is 5.75 Å². The van der Waals surface area contributed by atoms with E-state index in [-0.39, 0.29) is 12.5 Å². The van der Waals surface area contributed by atoms with Crippen molar-refractivity contribution in [3.63, 3.8) is 0 Å². The van der Waals surface area contributed by atoms with Crippen LogP contribution in [0.3, 0.4) is 0 Å². The number of amides is 1. The number of nitrogens with one attached hydrogen (secondary N) is 1. The molecular weight excluding hydrogens is 388 g/mol. The molecule has 6 heteroatoms. The van der Waals surface area contributed by atoms with Gasteiger partial charge in [0.2, 0.25) is 0 Å². The zero-order chi connectivity index (χ0) is 21.5. The van der Waals surface area contributed by atoms with Crippen LogP contribution >= 0.6 is 0 Å². The predicted octanol–water partition coefficient (Wildman–Crippen LogP) is 4.38. The molecule has 0 fully saturated rings. The lowest BCUT2D eigenvalue weighted by Gasteiger charge is -2.07. The molecule has 1 amide bonds. The molecule has 4 rings (SSSR count). The molecule has 0 bridgehead atoms. The quantitative estimate of drug-likeness (QED) is 0.363. The van der Waals surface area contributed by atoms with Gasteiger partial charge < -0.3 is 4.74 Å². The third-order valence-corrected chi connectivity index (χ3v) is 4.66. The number of hydrogen-bond acceptors (Lipinski definition) is 4. The summed E-state index contributed by atoms with van der Waals surface area (Å²) >= 11 is 0. The summed E-state index contributed by atoms with van der Waals surface area (Å²) in [6, 6.07) is 27.3. The van der Waals surface area contributed by atoms with E-state index in [4.69, 9.17) is 9.84 Å². The number of para-hydroxylation sites is 2. The van der Waals surface area contributed by atoms with E-state index < -0.39 is 0 Å². The van der Waals surface area contributed by atoms with Crippen molar-refractivity contribution in [1.82, 2.24) is 15.2 Å². The average molecular weight is 410 g/mol. The second-order valence-corrected chi connectivity index (χ2v) is 6.93. The highest BCUT2D eigenvalue weighted by atomic mass is 16.5. The Balaban J connectivity index is 1.49. The van der Waals surface area contributed by atoms with E-state index in [1.165, 1.54) is 0 Å². The number of hydrazone groups is 1. The van der Waals surface area contributed by atoms with E-state index in [2.05, 4.69) is 10.5 Å². The SMILES string of the molecule is Cc1ccccc1OCC(=O)N/N=C/c1cn(-c2ccccc2)nc1-c1ccccc1. The second-order valence-electron chi connectivity index (χ2n) is 6.93. The summed E-state index contributed by atoms with van der Waals surface area (Å²) in [5.41, 5.74) is 6.96. The highest BCUT2D eigenvalue weighted by Crippen LogP contribution is 2.22. The van der Waals surface area contributed by atoms with Crippen molar-refractivity contribution in [3.05, 3.63) is 102 Å². The Bertz CT molecular complexity index is 1180. The number of ether oxygens (including phenoxy) is 1. The first-order valence-electron chi connectivity index (χ1n) is 9.91. The summed E-state index contributed by atoms with van der Waals surface area (Å²) in [6.07, 6.45) is 3.48. The van der Waals surface area contributed by atoms with Crippen LogP contribution in [0.1, 0.15) is 11.1 Å². The third kappa shape index (κ3) is 5.05. The van der Waals surface area contributed by atoms with E-state index in [9.17, 15) is 4.79 Å². The second kappa shape index (κ2) is 9.54. The van der Waals surface area contributed by atoms with Gasteiger partial charge in [0.25, 0.3) is 5.91 Å². The van der Waals surface area contributed by atoms with Crippen LogP contribution in [0.4, 0.5) is 0 Å². The van der Waals surface area contributed by atoms with E-state index in [0.717, 1.165) is 28.1 Å². The molecule has 0 radical (unpaired) electrons. The average Bonchev–Trinajstić information content (AvgIpc) is 3.24. The summed E-state index contributed by atoms with van der Waals surface area (Å²) in [7, 11) is 0. The number of rotatable bonds is 7. The zero-order valence-corrected chi connectivity index (χ0v) is 17.1. The summed E-state index contributed by atoms with van der Waals surface area (Å²) in [6.45, 7) is 1.82. The van der Waals surface area contributed by atoms with Gasteiger partial charge in [-0.25, -0.2) is 10.1 Å². The topological polar surface area (TPSA) is 68.5 Å². The third-order valence-electron chi connectivity index (χ3n) is 4.66. The Morgan fingerprint density at radius 2 is 1.68 bits per heavy atom. The minimum absolute atomic E-state index is 0.114. The van der Waals surface area contributed by atoms with Crippen LogP contribution in [-0.2, 0) is 4.79 Å². The number of aromatic nitrogens is 2. The lowest BCUT2D eigenvalue weighted by atomic mass is 10.1. The molecule has 0 aliphatic heterocycles. The smallest absolute Gasteiger partial charge is 0.277 e. The molecule has 0 saturated carbocycles. The maximum absolute atomic E-state index is 12.1. The highest BCUT2D eigenvalue weighted by molar-refractivity contribution is 5.89. The fourth-order valence-corrected chi connectivity index (χ4v) is 3.08. The Hall–Kier alpha value is -4.19. The normalized spacial score (nSPS) is 10.9.